The molecule has 0 fully saturated rings. The second-order valence-corrected chi connectivity index (χ2v) is 7.40. The minimum atomic E-state index is -3.71. The first kappa shape index (κ1) is 16.1. The van der Waals surface area contributed by atoms with Gasteiger partial charge in [0.2, 0.25) is 5.09 Å². The van der Waals surface area contributed by atoms with Crippen molar-refractivity contribution in [3.63, 3.8) is 0 Å². The van der Waals surface area contributed by atoms with Crippen LogP contribution in [0.25, 0.3) is 0 Å². The first-order valence-electron chi connectivity index (χ1n) is 6.47. The van der Waals surface area contributed by atoms with Crippen LogP contribution >= 0.6 is 15.9 Å². The molecule has 0 saturated carbocycles. The lowest BCUT2D eigenvalue weighted by Crippen LogP contribution is -2.21. The Morgan fingerprint density at radius 2 is 2.00 bits per heavy atom. The van der Waals surface area contributed by atoms with E-state index in [1.807, 2.05) is 19.9 Å². The van der Waals surface area contributed by atoms with Crippen LogP contribution in [0.3, 0.4) is 0 Å². The molecule has 0 amide bonds. The Hall–Kier alpha value is -1.31. The van der Waals surface area contributed by atoms with Crippen LogP contribution in [0.2, 0.25) is 0 Å². The Balaban J connectivity index is 2.12. The zero-order valence-corrected chi connectivity index (χ0v) is 14.2. The van der Waals surface area contributed by atoms with Gasteiger partial charge in [-0.25, -0.2) is 0 Å². The maximum atomic E-state index is 12.2. The zero-order valence-electron chi connectivity index (χ0n) is 11.8. The first-order valence-corrected chi connectivity index (χ1v) is 8.75. The average molecular weight is 373 g/mol. The monoisotopic (exact) mass is 372 g/mol. The van der Waals surface area contributed by atoms with Crippen molar-refractivity contribution in [2.45, 2.75) is 31.5 Å². The lowest BCUT2D eigenvalue weighted by atomic mass is 10.3. The van der Waals surface area contributed by atoms with Gasteiger partial charge in [-0.3, -0.25) is 4.72 Å². The van der Waals surface area contributed by atoms with Crippen molar-refractivity contribution >= 4 is 31.6 Å². The second kappa shape index (κ2) is 6.64. The molecule has 0 aliphatic heterocycles. The van der Waals surface area contributed by atoms with E-state index in [-0.39, 0.29) is 5.09 Å². The predicted molar refractivity (Wildman–Crippen MR) is 85.6 cm³/mol. The van der Waals surface area contributed by atoms with Crippen molar-refractivity contribution in [3.8, 4) is 0 Å². The molecule has 0 radical (unpaired) electrons. The molecule has 0 bridgehead atoms. The zero-order chi connectivity index (χ0) is 15.5. The minimum absolute atomic E-state index is 0.0944. The third kappa shape index (κ3) is 4.59. The van der Waals surface area contributed by atoms with Crippen molar-refractivity contribution in [2.75, 3.05) is 4.72 Å². The molecule has 0 aliphatic carbocycles. The van der Waals surface area contributed by atoms with Gasteiger partial charge in [0, 0.05) is 10.5 Å². The number of sulfonamides is 1. The van der Waals surface area contributed by atoms with Gasteiger partial charge >= 0.3 is 0 Å². The van der Waals surface area contributed by atoms with E-state index >= 15 is 0 Å². The molecule has 0 saturated heterocycles. The van der Waals surface area contributed by atoms with Crippen LogP contribution < -0.4 is 10.0 Å². The molecule has 21 heavy (non-hydrogen) atoms. The van der Waals surface area contributed by atoms with Gasteiger partial charge in [-0.2, -0.15) is 8.42 Å². The van der Waals surface area contributed by atoms with E-state index in [0.29, 0.717) is 24.0 Å². The topological polar surface area (TPSA) is 71.3 Å². The molecule has 0 aliphatic rings. The fourth-order valence-corrected chi connectivity index (χ4v) is 3.06. The standard InChI is InChI=1S/C14H17BrN2O3S/c1-10(2)16-9-13-6-7-14(20-13)21(18,19)17-12-5-3-4-11(15)8-12/h3-8,10,16-17H,9H2,1-2H3. The van der Waals surface area contributed by atoms with Crippen LogP contribution in [0, 0.1) is 0 Å². The van der Waals surface area contributed by atoms with Gasteiger partial charge in [-0.05, 0) is 30.3 Å². The molecular weight excluding hydrogens is 356 g/mol. The van der Waals surface area contributed by atoms with Crippen LogP contribution in [0.4, 0.5) is 5.69 Å². The van der Waals surface area contributed by atoms with E-state index < -0.39 is 10.0 Å². The molecule has 1 aromatic heterocycles. The quantitative estimate of drug-likeness (QED) is 0.815. The summed E-state index contributed by atoms with van der Waals surface area (Å²) >= 11 is 3.30. The van der Waals surface area contributed by atoms with Crippen LogP contribution in [0.5, 0.6) is 0 Å². The predicted octanol–water partition coefficient (Wildman–Crippen LogP) is 3.34. The number of anilines is 1. The Morgan fingerprint density at radius 3 is 2.67 bits per heavy atom. The van der Waals surface area contributed by atoms with Gasteiger partial charge in [-0.1, -0.05) is 35.8 Å². The summed E-state index contributed by atoms with van der Waals surface area (Å²) in [5, 5.41) is 3.07. The molecule has 5 nitrogen and oxygen atoms in total. The summed E-state index contributed by atoms with van der Waals surface area (Å²) in [7, 11) is -3.71. The van der Waals surface area contributed by atoms with E-state index in [1.54, 1.807) is 24.3 Å². The highest BCUT2D eigenvalue weighted by Crippen LogP contribution is 2.21. The van der Waals surface area contributed by atoms with E-state index in [0.717, 1.165) is 4.47 Å². The van der Waals surface area contributed by atoms with Gasteiger partial charge in [0.15, 0.2) is 0 Å². The lowest BCUT2D eigenvalue weighted by molar-refractivity contribution is 0.396. The summed E-state index contributed by atoms with van der Waals surface area (Å²) in [5.74, 6) is 0.582. The highest BCUT2D eigenvalue weighted by Gasteiger charge is 2.19. The Kier molecular flexibility index (Phi) is 5.08. The van der Waals surface area contributed by atoms with Crippen molar-refractivity contribution in [1.82, 2.24) is 5.32 Å². The normalized spacial score (nSPS) is 11.8. The minimum Gasteiger partial charge on any atom is -0.446 e. The average Bonchev–Trinajstić information content (AvgIpc) is 2.85. The third-order valence-electron chi connectivity index (χ3n) is 2.66. The molecule has 0 unspecified atom stereocenters. The van der Waals surface area contributed by atoms with Gasteiger partial charge in [0.25, 0.3) is 10.0 Å². The number of halogens is 1. The van der Waals surface area contributed by atoms with Crippen LogP contribution in [0.15, 0.2) is 50.4 Å². The first-order chi connectivity index (χ1) is 9.87. The highest BCUT2D eigenvalue weighted by molar-refractivity contribution is 9.10. The van der Waals surface area contributed by atoms with Gasteiger partial charge < -0.3 is 9.73 Å². The SMILES string of the molecule is CC(C)NCc1ccc(S(=O)(=O)Nc2cccc(Br)c2)o1. The summed E-state index contributed by atoms with van der Waals surface area (Å²) in [4.78, 5) is 0. The maximum absolute atomic E-state index is 12.2. The highest BCUT2D eigenvalue weighted by atomic mass is 79.9. The summed E-state index contributed by atoms with van der Waals surface area (Å²) in [5.41, 5.74) is 0.475. The molecule has 2 N–H and O–H groups in total. The molecule has 114 valence electrons. The van der Waals surface area contributed by atoms with Crippen molar-refractivity contribution in [2.24, 2.45) is 0 Å². The number of hydrogen-bond acceptors (Lipinski definition) is 4. The molecule has 0 atom stereocenters. The van der Waals surface area contributed by atoms with Gasteiger partial charge in [0.05, 0.1) is 12.2 Å². The van der Waals surface area contributed by atoms with Crippen LogP contribution in [-0.4, -0.2) is 14.5 Å². The molecule has 1 heterocycles. The maximum Gasteiger partial charge on any atom is 0.295 e. The largest absolute Gasteiger partial charge is 0.446 e. The number of hydrogen-bond donors (Lipinski definition) is 2. The molecule has 0 spiro atoms. The molecule has 7 heteroatoms. The van der Waals surface area contributed by atoms with Gasteiger partial charge in [0.1, 0.15) is 5.76 Å². The fraction of sp³-hybridized carbons (Fsp3) is 0.286. The Labute approximate surface area is 132 Å². The summed E-state index contributed by atoms with van der Waals surface area (Å²) < 4.78 is 33.1. The van der Waals surface area contributed by atoms with Crippen LogP contribution in [-0.2, 0) is 16.6 Å². The third-order valence-corrected chi connectivity index (χ3v) is 4.41. The van der Waals surface area contributed by atoms with Gasteiger partial charge in [-0.15, -0.1) is 0 Å². The number of nitrogens with one attached hydrogen (secondary N) is 2. The van der Waals surface area contributed by atoms with E-state index in [1.165, 1.54) is 6.07 Å². The van der Waals surface area contributed by atoms with Crippen LogP contribution in [0.1, 0.15) is 19.6 Å². The second-order valence-electron chi connectivity index (χ2n) is 4.87. The summed E-state index contributed by atoms with van der Waals surface area (Å²) in [6, 6.07) is 10.3. The summed E-state index contributed by atoms with van der Waals surface area (Å²) in [6.45, 7) is 4.51. The molecule has 1 aromatic carbocycles. The fourth-order valence-electron chi connectivity index (χ4n) is 1.66. The molecule has 2 rings (SSSR count). The smallest absolute Gasteiger partial charge is 0.295 e. The van der Waals surface area contributed by atoms with E-state index in [2.05, 4.69) is 26.0 Å². The number of benzene rings is 1. The Morgan fingerprint density at radius 1 is 1.24 bits per heavy atom. The van der Waals surface area contributed by atoms with Crippen molar-refractivity contribution < 1.29 is 12.8 Å². The number of furan rings is 1. The summed E-state index contributed by atoms with van der Waals surface area (Å²) in [6.07, 6.45) is 0. The number of rotatable bonds is 6. The molecular formula is C14H17BrN2O3S. The Bertz CT molecular complexity index is 711. The van der Waals surface area contributed by atoms with Crippen molar-refractivity contribution in [3.05, 3.63) is 46.6 Å². The van der Waals surface area contributed by atoms with Crippen molar-refractivity contribution in [1.29, 1.82) is 0 Å². The lowest BCUT2D eigenvalue weighted by Gasteiger charge is -2.07. The van der Waals surface area contributed by atoms with E-state index in [4.69, 9.17) is 4.42 Å². The molecule has 2 aromatic rings. The van der Waals surface area contributed by atoms with E-state index in [9.17, 15) is 8.42 Å².